The van der Waals surface area contributed by atoms with E-state index >= 15 is 0 Å². The van der Waals surface area contributed by atoms with E-state index in [2.05, 4.69) is 17.1 Å². The second-order valence-corrected chi connectivity index (χ2v) is 4.46. The zero-order valence-electron chi connectivity index (χ0n) is 10.9. The van der Waals surface area contributed by atoms with E-state index in [1.807, 2.05) is 34.0 Å². The lowest BCUT2D eigenvalue weighted by atomic mass is 10.1. The van der Waals surface area contributed by atoms with Crippen LogP contribution in [0.2, 0.25) is 0 Å². The number of amides is 1. The maximum absolute atomic E-state index is 11.9. The fraction of sp³-hybridized carbons (Fsp3) is 0.750. The average Bonchev–Trinajstić information content (AvgIpc) is 2.24. The van der Waals surface area contributed by atoms with Gasteiger partial charge in [0.1, 0.15) is 0 Å². The van der Waals surface area contributed by atoms with Crippen LogP contribution in [0.5, 0.6) is 0 Å². The molecule has 1 heterocycles. The molecule has 1 rings (SSSR count). The summed E-state index contributed by atoms with van der Waals surface area (Å²) >= 11 is 0. The molecule has 0 radical (unpaired) electrons. The van der Waals surface area contributed by atoms with Crippen molar-refractivity contribution in [2.75, 3.05) is 27.2 Å². The third kappa shape index (κ3) is 2.62. The Bertz CT molecular complexity index is 282. The molecule has 1 aliphatic rings. The van der Waals surface area contributed by atoms with E-state index in [1.54, 1.807) is 4.90 Å². The molecule has 0 bridgehead atoms. The summed E-state index contributed by atoms with van der Waals surface area (Å²) in [5, 5.41) is 3.23. The minimum atomic E-state index is 0.114. The molecule has 0 spiro atoms. The van der Waals surface area contributed by atoms with E-state index in [9.17, 15) is 4.79 Å². The molecule has 1 saturated heterocycles. The second-order valence-electron chi connectivity index (χ2n) is 4.46. The lowest BCUT2D eigenvalue weighted by molar-refractivity contribution is -0.133. The van der Waals surface area contributed by atoms with Gasteiger partial charge < -0.3 is 10.2 Å². The van der Waals surface area contributed by atoms with Crippen LogP contribution in [0.25, 0.3) is 0 Å². The van der Waals surface area contributed by atoms with E-state index in [-0.39, 0.29) is 12.1 Å². The Labute approximate surface area is 98.3 Å². The molecule has 1 unspecified atom stereocenters. The quantitative estimate of drug-likeness (QED) is 0.714. The summed E-state index contributed by atoms with van der Waals surface area (Å²) < 4.78 is 0. The number of hydrogen-bond donors (Lipinski definition) is 1. The summed E-state index contributed by atoms with van der Waals surface area (Å²) in [7, 11) is 3.85. The second kappa shape index (κ2) is 5.46. The normalized spacial score (nSPS) is 20.4. The molecule has 0 aromatic heterocycles. The number of nitrogens with zero attached hydrogens (tertiary/aromatic N) is 2. The summed E-state index contributed by atoms with van der Waals surface area (Å²) in [5.74, 6) is 0.114. The topological polar surface area (TPSA) is 35.6 Å². The van der Waals surface area contributed by atoms with E-state index in [0.717, 1.165) is 18.7 Å². The van der Waals surface area contributed by atoms with Gasteiger partial charge in [0.25, 0.3) is 0 Å². The van der Waals surface area contributed by atoms with Crippen molar-refractivity contribution in [3.8, 4) is 0 Å². The summed E-state index contributed by atoms with van der Waals surface area (Å²) in [6.45, 7) is 7.87. The van der Waals surface area contributed by atoms with Gasteiger partial charge in [0.05, 0.1) is 6.17 Å². The minimum Gasteiger partial charge on any atom is -0.327 e. The molecule has 1 N–H and O–H groups in total. The van der Waals surface area contributed by atoms with Crippen molar-refractivity contribution in [1.29, 1.82) is 0 Å². The maximum Gasteiger partial charge on any atom is 0.250 e. The van der Waals surface area contributed by atoms with Gasteiger partial charge in [-0.3, -0.25) is 9.69 Å². The first kappa shape index (κ1) is 13.2. The highest BCUT2D eigenvalue weighted by Gasteiger charge is 2.32. The molecule has 0 aromatic rings. The highest BCUT2D eigenvalue weighted by atomic mass is 16.2. The highest BCUT2D eigenvalue weighted by Crippen LogP contribution is 2.15. The van der Waals surface area contributed by atoms with Crippen molar-refractivity contribution >= 4 is 5.91 Å². The first-order valence-corrected chi connectivity index (χ1v) is 5.82. The Morgan fingerprint density at radius 1 is 1.56 bits per heavy atom. The van der Waals surface area contributed by atoms with Crippen molar-refractivity contribution in [2.45, 2.75) is 33.0 Å². The summed E-state index contributed by atoms with van der Waals surface area (Å²) in [6.07, 6.45) is 2.03. The van der Waals surface area contributed by atoms with Crippen LogP contribution in [0.3, 0.4) is 0 Å². The smallest absolute Gasteiger partial charge is 0.250 e. The van der Waals surface area contributed by atoms with Gasteiger partial charge in [-0.05, 0) is 27.8 Å². The van der Waals surface area contributed by atoms with Gasteiger partial charge in [0, 0.05) is 31.8 Å². The summed E-state index contributed by atoms with van der Waals surface area (Å²) in [4.78, 5) is 16.0. The van der Waals surface area contributed by atoms with Crippen molar-refractivity contribution < 1.29 is 4.79 Å². The number of carbonyl (C=O) groups is 1. The van der Waals surface area contributed by atoms with Gasteiger partial charge in [-0.15, -0.1) is 0 Å². The van der Waals surface area contributed by atoms with E-state index in [0.29, 0.717) is 6.04 Å². The Hall–Kier alpha value is -0.870. The van der Waals surface area contributed by atoms with Crippen LogP contribution in [0.4, 0.5) is 0 Å². The molecule has 1 atom stereocenters. The lowest BCUT2D eigenvalue weighted by Crippen LogP contribution is -2.63. The highest BCUT2D eigenvalue weighted by molar-refractivity contribution is 5.92. The largest absolute Gasteiger partial charge is 0.327 e. The SMILES string of the molecule is C/C=C(/C)C(=O)N(C)C(C)N1CC(NC)C1. The van der Waals surface area contributed by atoms with E-state index in [4.69, 9.17) is 0 Å². The monoisotopic (exact) mass is 225 g/mol. The Morgan fingerprint density at radius 2 is 2.12 bits per heavy atom. The van der Waals surface area contributed by atoms with Crippen LogP contribution in [0, 0.1) is 0 Å². The Kier molecular flexibility index (Phi) is 4.50. The molecule has 0 aliphatic carbocycles. The predicted molar refractivity (Wildman–Crippen MR) is 66.1 cm³/mol. The van der Waals surface area contributed by atoms with Crippen molar-refractivity contribution in [1.82, 2.24) is 15.1 Å². The van der Waals surface area contributed by atoms with Crippen molar-refractivity contribution in [3.63, 3.8) is 0 Å². The molecule has 1 amide bonds. The number of allylic oxidation sites excluding steroid dienone is 1. The molecule has 0 aromatic carbocycles. The van der Waals surface area contributed by atoms with E-state index < -0.39 is 0 Å². The van der Waals surface area contributed by atoms with Crippen LogP contribution >= 0.6 is 0 Å². The van der Waals surface area contributed by atoms with Crippen LogP contribution in [-0.4, -0.2) is 55.1 Å². The third-order valence-corrected chi connectivity index (χ3v) is 3.50. The minimum absolute atomic E-state index is 0.114. The van der Waals surface area contributed by atoms with Crippen LogP contribution in [0.15, 0.2) is 11.6 Å². The summed E-state index contributed by atoms with van der Waals surface area (Å²) in [5.41, 5.74) is 0.806. The molecular formula is C12H23N3O. The first-order chi connectivity index (χ1) is 7.51. The average molecular weight is 225 g/mol. The van der Waals surface area contributed by atoms with Crippen LogP contribution < -0.4 is 5.32 Å². The van der Waals surface area contributed by atoms with Crippen molar-refractivity contribution in [2.24, 2.45) is 0 Å². The van der Waals surface area contributed by atoms with Gasteiger partial charge >= 0.3 is 0 Å². The Morgan fingerprint density at radius 3 is 2.56 bits per heavy atom. The molecular weight excluding hydrogens is 202 g/mol. The number of likely N-dealkylation sites (N-methyl/N-ethyl adjacent to an activating group) is 2. The predicted octanol–water partition coefficient (Wildman–Crippen LogP) is 0.661. The van der Waals surface area contributed by atoms with Crippen LogP contribution in [0.1, 0.15) is 20.8 Å². The first-order valence-electron chi connectivity index (χ1n) is 5.82. The van der Waals surface area contributed by atoms with Crippen molar-refractivity contribution in [3.05, 3.63) is 11.6 Å². The Balaban J connectivity index is 2.49. The number of nitrogens with one attached hydrogen (secondary N) is 1. The standard InChI is InChI=1S/C12H23N3O/c1-6-9(2)12(16)14(5)10(3)15-7-11(8-15)13-4/h6,10-11,13H,7-8H2,1-5H3/b9-6-. The fourth-order valence-corrected chi connectivity index (χ4v) is 1.82. The lowest BCUT2D eigenvalue weighted by Gasteiger charge is -2.45. The van der Waals surface area contributed by atoms with Gasteiger partial charge in [-0.1, -0.05) is 6.08 Å². The van der Waals surface area contributed by atoms with Crippen LogP contribution in [-0.2, 0) is 4.79 Å². The van der Waals surface area contributed by atoms with Gasteiger partial charge in [0.15, 0.2) is 0 Å². The van der Waals surface area contributed by atoms with E-state index in [1.165, 1.54) is 0 Å². The number of rotatable bonds is 4. The molecule has 92 valence electrons. The zero-order valence-corrected chi connectivity index (χ0v) is 10.9. The molecule has 1 aliphatic heterocycles. The molecule has 1 fully saturated rings. The maximum atomic E-state index is 11.9. The number of carbonyl (C=O) groups excluding carboxylic acids is 1. The zero-order chi connectivity index (χ0) is 12.3. The molecule has 4 nitrogen and oxygen atoms in total. The molecule has 0 saturated carbocycles. The number of hydrogen-bond acceptors (Lipinski definition) is 3. The van der Waals surface area contributed by atoms with Gasteiger partial charge in [0.2, 0.25) is 5.91 Å². The van der Waals surface area contributed by atoms with Gasteiger partial charge in [-0.2, -0.15) is 0 Å². The fourth-order valence-electron chi connectivity index (χ4n) is 1.82. The molecule has 4 heteroatoms. The van der Waals surface area contributed by atoms with Gasteiger partial charge in [-0.25, -0.2) is 0 Å². The molecule has 16 heavy (non-hydrogen) atoms. The summed E-state index contributed by atoms with van der Waals surface area (Å²) in [6, 6.07) is 0.578. The third-order valence-electron chi connectivity index (χ3n) is 3.50. The number of likely N-dealkylation sites (tertiary alicyclic amines) is 1.